The van der Waals surface area contributed by atoms with E-state index in [0.717, 1.165) is 0 Å². The molecule has 2 rings (SSSR count). The zero-order chi connectivity index (χ0) is 16.9. The first-order valence-electron chi connectivity index (χ1n) is 6.63. The van der Waals surface area contributed by atoms with Gasteiger partial charge in [0, 0.05) is 12.4 Å². The number of carbonyl (C=O) groups is 1. The van der Waals surface area contributed by atoms with E-state index in [0.29, 0.717) is 5.69 Å². The summed E-state index contributed by atoms with van der Waals surface area (Å²) in [5.74, 6) is -1.18. The lowest BCUT2D eigenvalue weighted by Crippen LogP contribution is -2.21. The minimum Gasteiger partial charge on any atom is -0.482 e. The van der Waals surface area contributed by atoms with Gasteiger partial charge < -0.3 is 9.47 Å². The first-order chi connectivity index (χ1) is 10.9. The van der Waals surface area contributed by atoms with Crippen LogP contribution in [0.4, 0.5) is 13.2 Å². The highest BCUT2D eigenvalue weighted by Crippen LogP contribution is 2.23. The van der Waals surface area contributed by atoms with Crippen LogP contribution in [0.5, 0.6) is 5.75 Å². The summed E-state index contributed by atoms with van der Waals surface area (Å²) in [6.07, 6.45) is -2.39. The van der Waals surface area contributed by atoms with E-state index >= 15 is 0 Å². The van der Waals surface area contributed by atoms with E-state index in [4.69, 9.17) is 4.74 Å². The second kappa shape index (κ2) is 7.08. The highest BCUT2D eigenvalue weighted by Gasteiger charge is 2.30. The zero-order valence-corrected chi connectivity index (χ0v) is 12.1. The molecule has 8 heteroatoms. The minimum atomic E-state index is -4.52. The summed E-state index contributed by atoms with van der Waals surface area (Å²) in [5, 5.41) is 0. The number of ether oxygens (including phenoxy) is 2. The number of alkyl halides is 3. The topological polar surface area (TPSA) is 61.3 Å². The summed E-state index contributed by atoms with van der Waals surface area (Å²) in [6.45, 7) is 0.0776. The van der Waals surface area contributed by atoms with Crippen LogP contribution < -0.4 is 4.74 Å². The Morgan fingerprint density at radius 1 is 1.17 bits per heavy atom. The van der Waals surface area contributed by atoms with E-state index < -0.39 is 24.9 Å². The molecule has 5 nitrogen and oxygen atoms in total. The van der Waals surface area contributed by atoms with Crippen LogP contribution in [0.15, 0.2) is 42.7 Å². The van der Waals surface area contributed by atoms with Crippen LogP contribution in [0.1, 0.15) is 29.2 Å². The van der Waals surface area contributed by atoms with E-state index in [9.17, 15) is 18.0 Å². The molecule has 23 heavy (non-hydrogen) atoms. The standard InChI is InChI=1S/C15H13F3N2O3/c1-10(11-5-2-3-7-19-11)23-14(21)13-12(6-4-8-20-13)22-9-15(16,17)18/h2-8,10H,9H2,1H3/t10-/m1/s1. The Balaban J connectivity index is 2.10. The lowest BCUT2D eigenvalue weighted by atomic mass is 10.2. The molecule has 0 aromatic carbocycles. The normalized spacial score (nSPS) is 12.5. The van der Waals surface area contributed by atoms with Crippen molar-refractivity contribution >= 4 is 5.97 Å². The van der Waals surface area contributed by atoms with Crippen molar-refractivity contribution in [3.05, 3.63) is 54.1 Å². The van der Waals surface area contributed by atoms with E-state index in [-0.39, 0.29) is 11.4 Å². The maximum atomic E-state index is 12.2. The molecule has 1 atom stereocenters. The van der Waals surface area contributed by atoms with Crippen molar-refractivity contribution in [1.29, 1.82) is 0 Å². The van der Waals surface area contributed by atoms with Crippen LogP contribution in [0.3, 0.4) is 0 Å². The monoisotopic (exact) mass is 326 g/mol. The van der Waals surface area contributed by atoms with Crippen molar-refractivity contribution in [2.24, 2.45) is 0 Å². The SMILES string of the molecule is C[C@@H](OC(=O)c1ncccc1OCC(F)(F)F)c1ccccn1. The zero-order valence-electron chi connectivity index (χ0n) is 12.1. The second-order valence-electron chi connectivity index (χ2n) is 4.56. The average Bonchev–Trinajstić information content (AvgIpc) is 2.53. The van der Waals surface area contributed by atoms with Crippen LogP contribution in [0.25, 0.3) is 0 Å². The van der Waals surface area contributed by atoms with Crippen molar-refractivity contribution in [3.8, 4) is 5.75 Å². The molecule has 0 aliphatic rings. The van der Waals surface area contributed by atoms with Crippen LogP contribution in [0, 0.1) is 0 Å². The van der Waals surface area contributed by atoms with Gasteiger partial charge in [-0.15, -0.1) is 0 Å². The third kappa shape index (κ3) is 4.94. The van der Waals surface area contributed by atoms with E-state index in [1.807, 2.05) is 0 Å². The highest BCUT2D eigenvalue weighted by molar-refractivity contribution is 5.90. The minimum absolute atomic E-state index is 0.289. The van der Waals surface area contributed by atoms with Gasteiger partial charge in [0.15, 0.2) is 18.1 Å². The number of halogens is 3. The molecule has 2 heterocycles. The highest BCUT2D eigenvalue weighted by atomic mass is 19.4. The number of aromatic nitrogens is 2. The molecule has 0 N–H and O–H groups in total. The van der Waals surface area contributed by atoms with Gasteiger partial charge in [0.25, 0.3) is 0 Å². The average molecular weight is 326 g/mol. The quantitative estimate of drug-likeness (QED) is 0.789. The fourth-order valence-electron chi connectivity index (χ4n) is 1.71. The lowest BCUT2D eigenvalue weighted by Gasteiger charge is -2.15. The number of rotatable bonds is 5. The van der Waals surface area contributed by atoms with Crippen molar-refractivity contribution in [2.45, 2.75) is 19.2 Å². The molecule has 0 unspecified atom stereocenters. The molecule has 0 saturated carbocycles. The van der Waals surface area contributed by atoms with Crippen molar-refractivity contribution < 1.29 is 27.4 Å². The molecule has 2 aromatic heterocycles. The summed E-state index contributed by atoms with van der Waals surface area (Å²) < 4.78 is 46.5. The molecule has 0 radical (unpaired) electrons. The Labute approximate surface area is 130 Å². The predicted octanol–water partition coefficient (Wildman–Crippen LogP) is 3.34. The Hall–Kier alpha value is -2.64. The fraction of sp³-hybridized carbons (Fsp3) is 0.267. The molecule has 0 amide bonds. The largest absolute Gasteiger partial charge is 0.482 e. The molecule has 0 aliphatic carbocycles. The number of pyridine rings is 2. The molecular formula is C15H13F3N2O3. The summed E-state index contributed by atoms with van der Waals surface area (Å²) in [5.41, 5.74) is 0.189. The van der Waals surface area contributed by atoms with Crippen LogP contribution in [-0.4, -0.2) is 28.7 Å². The molecule has 0 bridgehead atoms. The molecular weight excluding hydrogens is 313 g/mol. The van der Waals surface area contributed by atoms with Gasteiger partial charge in [0.05, 0.1) is 5.69 Å². The number of nitrogens with zero attached hydrogens (tertiary/aromatic N) is 2. The van der Waals surface area contributed by atoms with Gasteiger partial charge in [-0.2, -0.15) is 13.2 Å². The Morgan fingerprint density at radius 3 is 2.57 bits per heavy atom. The first kappa shape index (κ1) is 16.7. The van der Waals surface area contributed by atoms with Gasteiger partial charge in [-0.05, 0) is 31.2 Å². The molecule has 0 fully saturated rings. The van der Waals surface area contributed by atoms with E-state index in [1.54, 1.807) is 25.1 Å². The Morgan fingerprint density at radius 2 is 1.91 bits per heavy atom. The number of hydrogen-bond acceptors (Lipinski definition) is 5. The predicted molar refractivity (Wildman–Crippen MR) is 73.9 cm³/mol. The molecule has 0 saturated heterocycles. The molecule has 122 valence electrons. The third-order valence-electron chi connectivity index (χ3n) is 2.74. The van der Waals surface area contributed by atoms with Gasteiger partial charge in [-0.3, -0.25) is 4.98 Å². The molecule has 0 spiro atoms. The second-order valence-corrected chi connectivity index (χ2v) is 4.56. The molecule has 2 aromatic rings. The summed E-state index contributed by atoms with van der Waals surface area (Å²) in [4.78, 5) is 19.9. The number of hydrogen-bond donors (Lipinski definition) is 0. The van der Waals surface area contributed by atoms with Crippen molar-refractivity contribution in [1.82, 2.24) is 9.97 Å². The maximum Gasteiger partial charge on any atom is 0.422 e. The smallest absolute Gasteiger partial charge is 0.422 e. The van der Waals surface area contributed by atoms with Crippen molar-refractivity contribution in [2.75, 3.05) is 6.61 Å². The lowest BCUT2D eigenvalue weighted by molar-refractivity contribution is -0.153. The van der Waals surface area contributed by atoms with Gasteiger partial charge in [0.2, 0.25) is 0 Å². The summed E-state index contributed by atoms with van der Waals surface area (Å²) >= 11 is 0. The van der Waals surface area contributed by atoms with Gasteiger partial charge >= 0.3 is 12.1 Å². The number of esters is 1. The van der Waals surface area contributed by atoms with Crippen molar-refractivity contribution in [3.63, 3.8) is 0 Å². The molecule has 0 aliphatic heterocycles. The fourth-order valence-corrected chi connectivity index (χ4v) is 1.71. The van der Waals surface area contributed by atoms with E-state index in [1.165, 1.54) is 24.5 Å². The van der Waals surface area contributed by atoms with Gasteiger partial charge in [-0.1, -0.05) is 6.07 Å². The first-order valence-corrected chi connectivity index (χ1v) is 6.63. The van der Waals surface area contributed by atoms with Crippen LogP contribution in [-0.2, 0) is 4.74 Å². The van der Waals surface area contributed by atoms with Gasteiger partial charge in [0.1, 0.15) is 6.10 Å². The van der Waals surface area contributed by atoms with Crippen LogP contribution >= 0.6 is 0 Å². The Kier molecular flexibility index (Phi) is 5.15. The Bertz CT molecular complexity index is 663. The third-order valence-corrected chi connectivity index (χ3v) is 2.74. The summed E-state index contributed by atoms with van der Waals surface area (Å²) in [7, 11) is 0. The van der Waals surface area contributed by atoms with Crippen LogP contribution in [0.2, 0.25) is 0 Å². The van der Waals surface area contributed by atoms with E-state index in [2.05, 4.69) is 14.7 Å². The maximum absolute atomic E-state index is 12.2. The van der Waals surface area contributed by atoms with Gasteiger partial charge in [-0.25, -0.2) is 9.78 Å². The summed E-state index contributed by atoms with van der Waals surface area (Å²) in [6, 6.07) is 7.69. The number of carbonyl (C=O) groups excluding carboxylic acids is 1.